The molecule has 1 amide bonds. The Morgan fingerprint density at radius 2 is 2.12 bits per heavy atom. The lowest BCUT2D eigenvalue weighted by atomic mass is 9.90. The first-order chi connectivity index (χ1) is 16.5. The Hall–Kier alpha value is -3.35. The van der Waals surface area contributed by atoms with Crippen LogP contribution in [0.2, 0.25) is 0 Å². The van der Waals surface area contributed by atoms with Gasteiger partial charge in [0.2, 0.25) is 5.91 Å². The summed E-state index contributed by atoms with van der Waals surface area (Å²) in [5.41, 5.74) is 5.04. The van der Waals surface area contributed by atoms with Crippen LogP contribution in [0.5, 0.6) is 0 Å². The summed E-state index contributed by atoms with van der Waals surface area (Å²) in [4.78, 5) is 25.2. The summed E-state index contributed by atoms with van der Waals surface area (Å²) in [7, 11) is 0. The highest BCUT2D eigenvalue weighted by Gasteiger charge is 2.43. The number of aromatic nitrogens is 3. The second kappa shape index (κ2) is 10.7. The van der Waals surface area contributed by atoms with E-state index in [0.717, 1.165) is 29.7 Å². The highest BCUT2D eigenvalue weighted by molar-refractivity contribution is 5.94. The van der Waals surface area contributed by atoms with E-state index < -0.39 is 12.1 Å². The minimum atomic E-state index is -1.05. The molecule has 0 bridgehead atoms. The van der Waals surface area contributed by atoms with Gasteiger partial charge in [0, 0.05) is 23.5 Å². The van der Waals surface area contributed by atoms with Gasteiger partial charge in [-0.15, -0.1) is 0 Å². The van der Waals surface area contributed by atoms with E-state index in [1.807, 2.05) is 12.1 Å². The van der Waals surface area contributed by atoms with E-state index in [2.05, 4.69) is 64.6 Å². The molecule has 34 heavy (non-hydrogen) atoms. The van der Waals surface area contributed by atoms with Gasteiger partial charge in [-0.25, -0.2) is 19.3 Å². The van der Waals surface area contributed by atoms with Crippen molar-refractivity contribution in [2.75, 3.05) is 10.6 Å². The van der Waals surface area contributed by atoms with Crippen LogP contribution in [0, 0.1) is 11.8 Å². The molecular formula is C27H32FN5O. The van der Waals surface area contributed by atoms with Crippen LogP contribution >= 0.6 is 0 Å². The second-order valence-corrected chi connectivity index (χ2v) is 9.11. The van der Waals surface area contributed by atoms with Crippen molar-refractivity contribution in [3.63, 3.8) is 0 Å². The van der Waals surface area contributed by atoms with Gasteiger partial charge < -0.3 is 10.6 Å². The third-order valence-electron chi connectivity index (χ3n) is 6.37. The van der Waals surface area contributed by atoms with Crippen molar-refractivity contribution in [3.8, 4) is 11.3 Å². The monoisotopic (exact) mass is 461 g/mol. The zero-order valence-corrected chi connectivity index (χ0v) is 20.0. The van der Waals surface area contributed by atoms with Gasteiger partial charge in [0.1, 0.15) is 24.1 Å². The molecular weight excluding hydrogens is 429 g/mol. The van der Waals surface area contributed by atoms with Crippen molar-refractivity contribution >= 4 is 17.5 Å². The van der Waals surface area contributed by atoms with Crippen LogP contribution in [0.15, 0.2) is 65.8 Å². The smallest absolute Gasteiger partial charge is 0.231 e. The third-order valence-corrected chi connectivity index (χ3v) is 6.37. The highest BCUT2D eigenvalue weighted by Crippen LogP contribution is 2.35. The Morgan fingerprint density at radius 3 is 2.88 bits per heavy atom. The second-order valence-electron chi connectivity index (χ2n) is 9.11. The molecule has 2 aliphatic rings. The van der Waals surface area contributed by atoms with Gasteiger partial charge in [-0.3, -0.25) is 4.79 Å². The Bertz CT molecular complexity index is 1140. The molecule has 2 aromatic rings. The van der Waals surface area contributed by atoms with Gasteiger partial charge in [-0.2, -0.15) is 0 Å². The van der Waals surface area contributed by atoms with E-state index in [9.17, 15) is 9.18 Å². The van der Waals surface area contributed by atoms with Crippen LogP contribution in [0.1, 0.15) is 52.9 Å². The molecule has 0 unspecified atom stereocenters. The number of carbonyl (C=O) groups is 1. The Morgan fingerprint density at radius 1 is 1.29 bits per heavy atom. The normalized spacial score (nSPS) is 25.4. The number of allylic oxidation sites excluding steroid dienone is 5. The topological polar surface area (TPSA) is 79.8 Å². The maximum absolute atomic E-state index is 13.2. The maximum Gasteiger partial charge on any atom is 0.231 e. The average Bonchev–Trinajstić information content (AvgIpc) is 3.56. The Labute approximate surface area is 200 Å². The lowest BCUT2D eigenvalue weighted by Gasteiger charge is -2.19. The summed E-state index contributed by atoms with van der Waals surface area (Å²) < 4.78 is 13.2. The number of alkyl halides is 1. The Balaban J connectivity index is 1.60. The van der Waals surface area contributed by atoms with Crippen LogP contribution in [-0.2, 0) is 4.79 Å². The number of pyridine rings is 1. The van der Waals surface area contributed by atoms with Crippen molar-refractivity contribution in [1.82, 2.24) is 15.0 Å². The van der Waals surface area contributed by atoms with Crippen LogP contribution < -0.4 is 10.6 Å². The molecule has 0 aromatic carbocycles. The zero-order valence-electron chi connectivity index (χ0n) is 20.0. The molecule has 0 saturated heterocycles. The Kier molecular flexibility index (Phi) is 7.50. The largest absolute Gasteiger partial charge is 0.339 e. The SMILES string of the molecule is CCC[C@H](C)/C1=C/C(C)=C(Nc2ncccc2-c2cc(NC(=O)[C@H]3C[C@H]3F)ncn2)\C=C/CC1. The number of rotatable bonds is 8. The lowest BCUT2D eigenvalue weighted by Crippen LogP contribution is -2.16. The predicted octanol–water partition coefficient (Wildman–Crippen LogP) is 6.23. The summed E-state index contributed by atoms with van der Waals surface area (Å²) >= 11 is 0. The molecule has 1 fully saturated rings. The number of hydrogen-bond acceptors (Lipinski definition) is 5. The van der Waals surface area contributed by atoms with E-state index in [-0.39, 0.29) is 12.3 Å². The quantitative estimate of drug-likeness (QED) is 0.487. The fourth-order valence-electron chi connectivity index (χ4n) is 4.22. The minimum absolute atomic E-state index is 0.274. The molecule has 0 radical (unpaired) electrons. The molecule has 2 heterocycles. The number of hydrogen-bond donors (Lipinski definition) is 2. The number of halogens is 1. The molecule has 0 aliphatic heterocycles. The van der Waals surface area contributed by atoms with Crippen LogP contribution in [0.3, 0.4) is 0 Å². The minimum Gasteiger partial charge on any atom is -0.339 e. The van der Waals surface area contributed by atoms with Gasteiger partial charge in [-0.05, 0) is 62.3 Å². The van der Waals surface area contributed by atoms with Gasteiger partial charge in [0.25, 0.3) is 0 Å². The van der Waals surface area contributed by atoms with Crippen LogP contribution in [0.25, 0.3) is 11.3 Å². The van der Waals surface area contributed by atoms with E-state index >= 15 is 0 Å². The van der Waals surface area contributed by atoms with E-state index in [4.69, 9.17) is 0 Å². The number of anilines is 2. The van der Waals surface area contributed by atoms with Crippen molar-refractivity contribution in [1.29, 1.82) is 0 Å². The zero-order chi connectivity index (χ0) is 24.1. The van der Waals surface area contributed by atoms with Gasteiger partial charge in [0.05, 0.1) is 11.6 Å². The van der Waals surface area contributed by atoms with Crippen molar-refractivity contribution < 1.29 is 9.18 Å². The molecule has 2 aromatic heterocycles. The van der Waals surface area contributed by atoms with Gasteiger partial charge in [-0.1, -0.05) is 38.0 Å². The molecule has 178 valence electrons. The number of nitrogens with one attached hydrogen (secondary N) is 2. The highest BCUT2D eigenvalue weighted by atomic mass is 19.1. The third kappa shape index (κ3) is 5.76. The summed E-state index contributed by atoms with van der Waals surface area (Å²) in [5.74, 6) is 0.661. The molecule has 2 N–H and O–H groups in total. The molecule has 6 nitrogen and oxygen atoms in total. The summed E-state index contributed by atoms with van der Waals surface area (Å²) in [6.45, 7) is 6.65. The predicted molar refractivity (Wildman–Crippen MR) is 134 cm³/mol. The molecule has 3 atom stereocenters. The maximum atomic E-state index is 13.2. The average molecular weight is 462 g/mol. The summed E-state index contributed by atoms with van der Waals surface area (Å²) in [6, 6.07) is 5.46. The molecule has 2 aliphatic carbocycles. The van der Waals surface area contributed by atoms with Crippen LogP contribution in [-0.4, -0.2) is 27.0 Å². The number of nitrogens with zero attached hydrogens (tertiary/aromatic N) is 3. The number of carbonyl (C=O) groups excluding carboxylic acids is 1. The fourth-order valence-corrected chi connectivity index (χ4v) is 4.22. The lowest BCUT2D eigenvalue weighted by molar-refractivity contribution is -0.117. The van der Waals surface area contributed by atoms with E-state index in [1.165, 1.54) is 24.7 Å². The molecule has 7 heteroatoms. The molecule has 4 rings (SSSR count). The first kappa shape index (κ1) is 23.8. The van der Waals surface area contributed by atoms with Crippen LogP contribution in [0.4, 0.5) is 16.0 Å². The summed E-state index contributed by atoms with van der Waals surface area (Å²) in [6.07, 6.45) is 13.4. The van der Waals surface area contributed by atoms with Gasteiger partial charge in [0.15, 0.2) is 0 Å². The van der Waals surface area contributed by atoms with E-state index in [0.29, 0.717) is 23.2 Å². The summed E-state index contributed by atoms with van der Waals surface area (Å²) in [5, 5.41) is 6.19. The van der Waals surface area contributed by atoms with Crippen molar-refractivity contribution in [3.05, 3.63) is 65.8 Å². The first-order valence-electron chi connectivity index (χ1n) is 12.0. The van der Waals surface area contributed by atoms with Crippen molar-refractivity contribution in [2.45, 2.75) is 59.0 Å². The van der Waals surface area contributed by atoms with E-state index in [1.54, 1.807) is 12.3 Å². The van der Waals surface area contributed by atoms with Crippen molar-refractivity contribution in [2.24, 2.45) is 11.8 Å². The fraction of sp³-hybridized carbons (Fsp3) is 0.407. The van der Waals surface area contributed by atoms with Gasteiger partial charge >= 0.3 is 0 Å². The standard InChI is InChI=1S/C27H32FN5O/c1-4-8-17(2)19-9-5-6-11-23(18(3)13-19)32-26-20(10-7-12-29-26)24-15-25(31-16-30-24)33-27(34)21-14-22(21)28/h6-7,10-13,15-17,21-22H,4-5,8-9,14H2,1-3H3,(H,29,32)(H,30,31,33,34)/b11-6-,19-13+,23-18+/t17-,21-,22+/m0/s1. The molecule has 0 spiro atoms. The number of amides is 1. The first-order valence-corrected chi connectivity index (χ1v) is 12.0. The molecule has 1 saturated carbocycles.